The summed E-state index contributed by atoms with van der Waals surface area (Å²) in [6.07, 6.45) is 1.84. The molecule has 0 spiro atoms. The zero-order valence-corrected chi connectivity index (χ0v) is 21.3. The molecular formula is C27H25N3O5S. The Morgan fingerprint density at radius 2 is 1.78 bits per heavy atom. The summed E-state index contributed by atoms with van der Waals surface area (Å²) in [6, 6.07) is 14.0. The van der Waals surface area contributed by atoms with Crippen molar-refractivity contribution in [3.63, 3.8) is 0 Å². The molecule has 0 aliphatic carbocycles. The zero-order chi connectivity index (χ0) is 26.1. The van der Waals surface area contributed by atoms with E-state index < -0.39 is 11.9 Å². The Morgan fingerprint density at radius 1 is 1.08 bits per heavy atom. The predicted octanol–water partition coefficient (Wildman–Crippen LogP) is 5.12. The monoisotopic (exact) mass is 503 g/mol. The Hall–Kier alpha value is -4.11. The van der Waals surface area contributed by atoms with Crippen LogP contribution < -0.4 is 0 Å². The Bertz CT molecular complexity index is 1450. The lowest BCUT2D eigenvalue weighted by Crippen LogP contribution is -2.23. The zero-order valence-electron chi connectivity index (χ0n) is 20.5. The number of aromatic carboxylic acids is 1. The molecule has 184 valence electrons. The second kappa shape index (κ2) is 9.87. The van der Waals surface area contributed by atoms with Crippen LogP contribution in [0.25, 0.3) is 11.8 Å². The number of amidine groups is 1. The number of rotatable bonds is 5. The largest absolute Gasteiger partial charge is 0.478 e. The van der Waals surface area contributed by atoms with E-state index in [0.717, 1.165) is 22.6 Å². The third kappa shape index (κ3) is 4.57. The molecule has 0 unspecified atom stereocenters. The molecule has 0 bridgehead atoms. The van der Waals surface area contributed by atoms with Crippen molar-refractivity contribution >= 4 is 46.5 Å². The van der Waals surface area contributed by atoms with Crippen molar-refractivity contribution in [1.29, 1.82) is 0 Å². The number of likely N-dealkylation sites (N-methyl/N-ethyl adjacent to an activating group) is 1. The number of carboxylic acid groups (broad SMARTS) is 1. The van der Waals surface area contributed by atoms with Gasteiger partial charge in [0.2, 0.25) is 0 Å². The van der Waals surface area contributed by atoms with Gasteiger partial charge in [-0.1, -0.05) is 6.07 Å². The first kappa shape index (κ1) is 25.0. The summed E-state index contributed by atoms with van der Waals surface area (Å²) >= 11 is 1.25. The van der Waals surface area contributed by atoms with Crippen LogP contribution in [-0.2, 0) is 9.53 Å². The fraction of sp³-hybridized carbons (Fsp3) is 0.185. The van der Waals surface area contributed by atoms with Gasteiger partial charge in [0.05, 0.1) is 28.8 Å². The molecule has 4 rings (SSSR count). The van der Waals surface area contributed by atoms with E-state index in [1.54, 1.807) is 38.2 Å². The molecule has 9 heteroatoms. The number of nitrogens with zero attached hydrogens (tertiary/aromatic N) is 3. The Labute approximate surface area is 212 Å². The number of benzene rings is 2. The minimum absolute atomic E-state index is 0.177. The van der Waals surface area contributed by atoms with Gasteiger partial charge in [-0.15, -0.1) is 0 Å². The van der Waals surface area contributed by atoms with E-state index >= 15 is 0 Å². The van der Waals surface area contributed by atoms with Gasteiger partial charge in [-0.2, -0.15) is 0 Å². The number of esters is 1. The summed E-state index contributed by atoms with van der Waals surface area (Å²) in [6.45, 7) is 5.65. The lowest BCUT2D eigenvalue weighted by atomic mass is 10.1. The van der Waals surface area contributed by atoms with E-state index in [0.29, 0.717) is 26.9 Å². The van der Waals surface area contributed by atoms with Crippen molar-refractivity contribution < 1.29 is 24.2 Å². The number of aliphatic imine (C=N–C) groups is 1. The van der Waals surface area contributed by atoms with E-state index in [2.05, 4.69) is 9.56 Å². The van der Waals surface area contributed by atoms with Crippen molar-refractivity contribution in [2.75, 3.05) is 14.2 Å². The third-order valence-corrected chi connectivity index (χ3v) is 7.12. The third-order valence-electron chi connectivity index (χ3n) is 6.06. The van der Waals surface area contributed by atoms with Crippen molar-refractivity contribution in [2.24, 2.45) is 4.99 Å². The van der Waals surface area contributed by atoms with E-state index in [-0.39, 0.29) is 11.5 Å². The standard InChI is InChI=1S/C27H25N3O5S/c1-15-13-19(17(3)30(15)20-11-9-18(10-12-20)26(34)35-5)14-23-24(31)29(4)27(36-23)28-22-8-6-7-21(16(22)2)25(32)33/h6-14H,1-5H3,(H,32,33)/b23-14-,28-27?. The molecule has 36 heavy (non-hydrogen) atoms. The van der Waals surface area contributed by atoms with Crippen LogP contribution in [0, 0.1) is 20.8 Å². The van der Waals surface area contributed by atoms with E-state index in [1.807, 2.05) is 38.1 Å². The summed E-state index contributed by atoms with van der Waals surface area (Å²) in [4.78, 5) is 42.8. The molecule has 1 saturated heterocycles. The average Bonchev–Trinajstić information content (AvgIpc) is 3.28. The SMILES string of the molecule is COC(=O)c1ccc(-n2c(C)cc(/C=C3\SC(=Nc4cccc(C(=O)O)c4C)N(C)C3=O)c2C)cc1. The van der Waals surface area contributed by atoms with Crippen LogP contribution in [0.5, 0.6) is 0 Å². The quantitative estimate of drug-likeness (QED) is 0.383. The summed E-state index contributed by atoms with van der Waals surface area (Å²) in [5.41, 5.74) is 5.39. The fourth-order valence-corrected chi connectivity index (χ4v) is 5.04. The molecule has 0 saturated carbocycles. The molecular weight excluding hydrogens is 478 g/mol. The molecule has 0 radical (unpaired) electrons. The number of ether oxygens (including phenoxy) is 1. The molecule has 1 aromatic heterocycles. The lowest BCUT2D eigenvalue weighted by molar-refractivity contribution is -0.121. The van der Waals surface area contributed by atoms with Gasteiger partial charge in [-0.25, -0.2) is 14.6 Å². The number of amides is 1. The van der Waals surface area contributed by atoms with E-state index in [9.17, 15) is 19.5 Å². The van der Waals surface area contributed by atoms with E-state index in [1.165, 1.54) is 29.8 Å². The van der Waals surface area contributed by atoms with Gasteiger partial charge in [0.1, 0.15) is 0 Å². The van der Waals surface area contributed by atoms with Crippen molar-refractivity contribution in [1.82, 2.24) is 9.47 Å². The number of carbonyl (C=O) groups excluding carboxylic acids is 2. The van der Waals surface area contributed by atoms with Crippen molar-refractivity contribution in [2.45, 2.75) is 20.8 Å². The van der Waals surface area contributed by atoms with Crippen molar-refractivity contribution in [3.8, 4) is 5.69 Å². The maximum atomic E-state index is 13.0. The molecule has 2 heterocycles. The number of thioether (sulfide) groups is 1. The minimum atomic E-state index is -1.02. The topological polar surface area (TPSA) is 101 Å². The van der Waals surface area contributed by atoms with E-state index in [4.69, 9.17) is 4.74 Å². The number of aryl methyl sites for hydroxylation is 1. The maximum Gasteiger partial charge on any atom is 0.337 e. The van der Waals surface area contributed by atoms with Crippen LogP contribution in [0.15, 0.2) is 58.4 Å². The minimum Gasteiger partial charge on any atom is -0.478 e. The van der Waals surface area contributed by atoms with Gasteiger partial charge in [-0.05, 0) is 92.2 Å². The second-order valence-corrected chi connectivity index (χ2v) is 9.33. The first-order valence-corrected chi connectivity index (χ1v) is 11.9. The van der Waals surface area contributed by atoms with Crippen LogP contribution in [0.1, 0.15) is 43.2 Å². The van der Waals surface area contributed by atoms with Crippen LogP contribution in [0.4, 0.5) is 5.69 Å². The van der Waals surface area contributed by atoms with Gasteiger partial charge in [0.15, 0.2) is 5.17 Å². The van der Waals surface area contributed by atoms with Crippen LogP contribution >= 0.6 is 11.8 Å². The Kier molecular flexibility index (Phi) is 6.85. The van der Waals surface area contributed by atoms with Gasteiger partial charge >= 0.3 is 11.9 Å². The molecule has 0 atom stereocenters. The molecule has 3 aromatic rings. The highest BCUT2D eigenvalue weighted by Gasteiger charge is 2.31. The van der Waals surface area contributed by atoms with Crippen LogP contribution in [-0.4, -0.2) is 51.7 Å². The molecule has 1 fully saturated rings. The second-order valence-electron chi connectivity index (χ2n) is 8.32. The highest BCUT2D eigenvalue weighted by molar-refractivity contribution is 8.18. The normalized spacial score (nSPS) is 15.7. The smallest absolute Gasteiger partial charge is 0.337 e. The number of hydrogen-bond donors (Lipinski definition) is 1. The average molecular weight is 504 g/mol. The number of aromatic nitrogens is 1. The Balaban J connectivity index is 1.66. The highest BCUT2D eigenvalue weighted by atomic mass is 32.2. The van der Waals surface area contributed by atoms with Crippen LogP contribution in [0.2, 0.25) is 0 Å². The summed E-state index contributed by atoms with van der Waals surface area (Å²) in [5, 5.41) is 9.86. The van der Waals surface area contributed by atoms with Gasteiger partial charge < -0.3 is 14.4 Å². The molecule has 1 amide bonds. The molecule has 2 aromatic carbocycles. The van der Waals surface area contributed by atoms with Gasteiger partial charge in [0.25, 0.3) is 5.91 Å². The number of carboxylic acids is 1. The molecule has 1 aliphatic heterocycles. The van der Waals surface area contributed by atoms with Gasteiger partial charge in [-0.3, -0.25) is 9.69 Å². The molecule has 1 N–H and O–H groups in total. The predicted molar refractivity (Wildman–Crippen MR) is 140 cm³/mol. The summed E-state index contributed by atoms with van der Waals surface area (Å²) < 4.78 is 6.82. The fourth-order valence-electron chi connectivity index (χ4n) is 4.07. The Morgan fingerprint density at radius 3 is 2.42 bits per heavy atom. The first-order chi connectivity index (χ1) is 17.1. The summed E-state index contributed by atoms with van der Waals surface area (Å²) in [7, 11) is 3.00. The number of carbonyl (C=O) groups is 3. The van der Waals surface area contributed by atoms with Gasteiger partial charge in [0, 0.05) is 24.1 Å². The summed E-state index contributed by atoms with van der Waals surface area (Å²) in [5.74, 6) is -1.59. The number of methoxy groups -OCH3 is 1. The molecule has 8 nitrogen and oxygen atoms in total. The number of hydrogen-bond acceptors (Lipinski definition) is 6. The molecule has 1 aliphatic rings. The maximum absolute atomic E-state index is 13.0. The lowest BCUT2D eigenvalue weighted by Gasteiger charge is -2.10. The van der Waals surface area contributed by atoms with Crippen LogP contribution in [0.3, 0.4) is 0 Å². The van der Waals surface area contributed by atoms with Crippen molar-refractivity contribution in [3.05, 3.63) is 87.1 Å². The first-order valence-electron chi connectivity index (χ1n) is 11.1. The highest BCUT2D eigenvalue weighted by Crippen LogP contribution is 2.35.